The molecule has 4 aromatic rings. The molecule has 0 bridgehead atoms. The van der Waals surface area contributed by atoms with Crippen molar-refractivity contribution < 1.29 is 9.72 Å². The fraction of sp³-hybridized carbons (Fsp3) is 0.387. The van der Waals surface area contributed by atoms with E-state index in [0.717, 1.165) is 48.2 Å². The van der Waals surface area contributed by atoms with Crippen molar-refractivity contribution in [1.29, 1.82) is 0 Å². The van der Waals surface area contributed by atoms with Crippen LogP contribution in [0.1, 0.15) is 44.4 Å². The summed E-state index contributed by atoms with van der Waals surface area (Å²) in [5.41, 5.74) is 7.70. The highest BCUT2D eigenvalue weighted by molar-refractivity contribution is 5.98. The quantitative estimate of drug-likeness (QED) is 0.234. The fourth-order valence-corrected chi connectivity index (χ4v) is 6.00. The van der Waals surface area contributed by atoms with Gasteiger partial charge < -0.3 is 19.7 Å². The van der Waals surface area contributed by atoms with Crippen LogP contribution in [-0.4, -0.2) is 56.4 Å². The smallest absolute Gasteiger partial charge is 0.294 e. The second-order valence-corrected chi connectivity index (χ2v) is 10.6. The first kappa shape index (κ1) is 28.1. The van der Waals surface area contributed by atoms with Gasteiger partial charge in [-0.25, -0.2) is 9.97 Å². The molecule has 41 heavy (non-hydrogen) atoms. The molecule has 0 atom stereocenters. The number of aryl methyl sites for hydroxylation is 4. The van der Waals surface area contributed by atoms with Crippen molar-refractivity contribution in [2.24, 2.45) is 0 Å². The molecular formula is C31H37N7O3. The molecule has 0 aliphatic carbocycles. The van der Waals surface area contributed by atoms with Gasteiger partial charge in [-0.1, -0.05) is 32.5 Å². The van der Waals surface area contributed by atoms with Gasteiger partial charge in [-0.2, -0.15) is 0 Å². The lowest BCUT2D eigenvalue weighted by Crippen LogP contribution is -2.48. The number of aromatic nitrogens is 3. The van der Waals surface area contributed by atoms with Gasteiger partial charge in [-0.3, -0.25) is 14.9 Å². The third-order valence-corrected chi connectivity index (χ3v) is 8.16. The Morgan fingerprint density at radius 2 is 1.93 bits per heavy atom. The average Bonchev–Trinajstić information content (AvgIpc) is 3.34. The zero-order valence-electron chi connectivity index (χ0n) is 23.1. The van der Waals surface area contributed by atoms with E-state index in [4.69, 9.17) is 4.98 Å². The number of carbonyl (C=O) groups excluding carboxylic acids is 1. The summed E-state index contributed by atoms with van der Waals surface area (Å²) >= 11 is 0. The number of piperazine rings is 1. The number of hydrogen-bond donors (Lipinski definition) is 1. The van der Waals surface area contributed by atoms with Crippen LogP contribution < -0.4 is 10.2 Å². The van der Waals surface area contributed by atoms with E-state index in [2.05, 4.69) is 46.2 Å². The van der Waals surface area contributed by atoms with E-state index in [1.165, 1.54) is 16.5 Å². The summed E-state index contributed by atoms with van der Waals surface area (Å²) in [5, 5.41) is 16.6. The van der Waals surface area contributed by atoms with Gasteiger partial charge in [0.05, 0.1) is 21.8 Å². The van der Waals surface area contributed by atoms with Gasteiger partial charge in [0.25, 0.3) is 5.69 Å². The van der Waals surface area contributed by atoms with Crippen LogP contribution >= 0.6 is 0 Å². The molecular weight excluding hydrogens is 518 g/mol. The summed E-state index contributed by atoms with van der Waals surface area (Å²) < 4.78 is 2.33. The molecule has 10 heteroatoms. The van der Waals surface area contributed by atoms with E-state index in [1.807, 2.05) is 24.1 Å². The Labute approximate surface area is 240 Å². The van der Waals surface area contributed by atoms with E-state index in [-0.39, 0.29) is 23.9 Å². The Balaban J connectivity index is 0.00000337. The highest BCUT2D eigenvalue weighted by atomic mass is 16.6. The lowest BCUT2D eigenvalue weighted by Gasteiger charge is -2.35. The topological polar surface area (TPSA) is 109 Å². The van der Waals surface area contributed by atoms with Gasteiger partial charge in [0.1, 0.15) is 5.69 Å². The average molecular weight is 556 g/mol. The maximum absolute atomic E-state index is 12.1. The maximum Gasteiger partial charge on any atom is 0.294 e. The fourth-order valence-electron chi connectivity index (χ4n) is 6.00. The second kappa shape index (κ2) is 11.2. The lowest BCUT2D eigenvalue weighted by molar-refractivity contribution is -0.384. The van der Waals surface area contributed by atoms with Crippen LogP contribution in [0.2, 0.25) is 0 Å². The first-order valence-corrected chi connectivity index (χ1v) is 13.9. The van der Waals surface area contributed by atoms with Gasteiger partial charge in [0.2, 0.25) is 11.9 Å². The number of nitrogens with zero attached hydrogens (tertiary/aromatic N) is 6. The molecule has 2 aromatic heterocycles. The summed E-state index contributed by atoms with van der Waals surface area (Å²) in [6.45, 7) is 8.75. The van der Waals surface area contributed by atoms with Gasteiger partial charge in [-0.15, -0.1) is 0 Å². The van der Waals surface area contributed by atoms with Gasteiger partial charge in [0, 0.05) is 69.1 Å². The van der Waals surface area contributed by atoms with E-state index in [1.54, 1.807) is 17.9 Å². The van der Waals surface area contributed by atoms with E-state index in [0.29, 0.717) is 43.5 Å². The van der Waals surface area contributed by atoms with E-state index >= 15 is 0 Å². The number of amides is 1. The minimum atomic E-state index is -0.350. The van der Waals surface area contributed by atoms with Gasteiger partial charge >= 0.3 is 0 Å². The highest BCUT2D eigenvalue weighted by Gasteiger charge is 2.26. The molecule has 0 saturated carbocycles. The van der Waals surface area contributed by atoms with Crippen molar-refractivity contribution in [1.82, 2.24) is 19.4 Å². The monoisotopic (exact) mass is 555 g/mol. The zero-order valence-corrected chi connectivity index (χ0v) is 23.1. The number of nitro groups is 1. The lowest BCUT2D eigenvalue weighted by atomic mass is 10.0. The summed E-state index contributed by atoms with van der Waals surface area (Å²) in [7, 11) is 0. The molecule has 0 spiro atoms. The predicted molar refractivity (Wildman–Crippen MR) is 163 cm³/mol. The van der Waals surface area contributed by atoms with Gasteiger partial charge in [0.15, 0.2) is 0 Å². The number of rotatable bonds is 6. The number of para-hydroxylation sites is 1. The van der Waals surface area contributed by atoms with Crippen molar-refractivity contribution in [3.05, 3.63) is 69.5 Å². The summed E-state index contributed by atoms with van der Waals surface area (Å²) in [6.07, 6.45) is 7.05. The van der Waals surface area contributed by atoms with Crippen LogP contribution in [0.3, 0.4) is 0 Å². The number of benzene rings is 2. The van der Waals surface area contributed by atoms with Gasteiger partial charge in [-0.05, 0) is 48.9 Å². The molecule has 1 amide bonds. The van der Waals surface area contributed by atoms with Crippen LogP contribution in [0.5, 0.6) is 0 Å². The minimum absolute atomic E-state index is 0. The highest BCUT2D eigenvalue weighted by Crippen LogP contribution is 2.38. The zero-order chi connectivity index (χ0) is 28.0. The normalized spacial score (nSPS) is 14.6. The Morgan fingerprint density at radius 1 is 1.15 bits per heavy atom. The number of hydrogen-bond acceptors (Lipinski definition) is 7. The molecule has 6 rings (SSSR count). The first-order chi connectivity index (χ1) is 19.3. The Morgan fingerprint density at radius 3 is 2.63 bits per heavy atom. The summed E-state index contributed by atoms with van der Waals surface area (Å²) in [6, 6.07) is 9.90. The van der Waals surface area contributed by atoms with Crippen LogP contribution in [-0.2, 0) is 24.2 Å². The van der Waals surface area contributed by atoms with E-state index < -0.39 is 0 Å². The SMILES string of the molecule is C.CCc1cnc(Nc2cc([N+](=O)[O-])c(N3CCN(C(C)=O)CC3)cc2C)nc1-c1cn2c3c(cccc13)CCC2. The number of anilines is 3. The molecule has 0 unspecified atom stereocenters. The number of nitro benzene ring substituents is 1. The molecule has 1 N–H and O–H groups in total. The Hall–Kier alpha value is -4.47. The first-order valence-electron chi connectivity index (χ1n) is 13.9. The molecule has 10 nitrogen and oxygen atoms in total. The van der Waals surface area contributed by atoms with Crippen molar-refractivity contribution in [2.45, 2.75) is 54.0 Å². The van der Waals surface area contributed by atoms with Crippen molar-refractivity contribution in [3.8, 4) is 11.3 Å². The summed E-state index contributed by atoms with van der Waals surface area (Å²) in [4.78, 5) is 36.8. The molecule has 1 saturated heterocycles. The number of nitrogens with one attached hydrogen (secondary N) is 1. The van der Waals surface area contributed by atoms with Crippen molar-refractivity contribution >= 4 is 39.8 Å². The third kappa shape index (κ3) is 5.10. The molecule has 2 aliphatic rings. The Kier molecular flexibility index (Phi) is 7.66. The molecule has 0 radical (unpaired) electrons. The maximum atomic E-state index is 12.1. The molecule has 1 fully saturated rings. The standard InChI is InChI=1S/C30H33N7O3.CH4/c1-4-21-17-31-30(33-28(21)24-18-36-10-6-8-22-7-5-9-23(24)29(22)36)32-25-16-27(37(39)40)26(15-19(25)2)35-13-11-34(12-14-35)20(3)38;/h5,7,9,15-18H,4,6,8,10-14H2,1-3H3,(H,31,32,33);1H4. The predicted octanol–water partition coefficient (Wildman–Crippen LogP) is 5.87. The minimum Gasteiger partial charge on any atom is -0.362 e. The molecule has 2 aliphatic heterocycles. The number of carbonyl (C=O) groups is 1. The molecule has 214 valence electrons. The largest absolute Gasteiger partial charge is 0.362 e. The van der Waals surface area contributed by atoms with Crippen LogP contribution in [0.15, 0.2) is 42.7 Å². The Bertz CT molecular complexity index is 1640. The second-order valence-electron chi connectivity index (χ2n) is 10.6. The molecule has 4 heterocycles. The van der Waals surface area contributed by atoms with E-state index in [9.17, 15) is 14.9 Å². The third-order valence-electron chi connectivity index (χ3n) is 8.16. The molecule has 2 aromatic carbocycles. The van der Waals surface area contributed by atoms with Crippen LogP contribution in [0.4, 0.5) is 23.0 Å². The summed E-state index contributed by atoms with van der Waals surface area (Å²) in [5.74, 6) is 0.426. The van der Waals surface area contributed by atoms with Crippen LogP contribution in [0, 0.1) is 17.0 Å². The van der Waals surface area contributed by atoms with Crippen LogP contribution in [0.25, 0.3) is 22.2 Å². The van der Waals surface area contributed by atoms with Crippen molar-refractivity contribution in [3.63, 3.8) is 0 Å². The van der Waals surface area contributed by atoms with Crippen molar-refractivity contribution in [2.75, 3.05) is 36.4 Å².